The largest absolute Gasteiger partial charge is 0.317 e. The Hall–Kier alpha value is -2.42. The van der Waals surface area contributed by atoms with Crippen molar-refractivity contribution in [2.45, 2.75) is 0 Å². The van der Waals surface area contributed by atoms with Gasteiger partial charge >= 0.3 is 0 Å². The first-order valence-corrected chi connectivity index (χ1v) is 5.34. The molecule has 0 aliphatic rings. The van der Waals surface area contributed by atoms with E-state index in [1.807, 2.05) is 41.0 Å². The molecule has 1 aromatic heterocycles. The van der Waals surface area contributed by atoms with Crippen molar-refractivity contribution in [2.75, 3.05) is 0 Å². The summed E-state index contributed by atoms with van der Waals surface area (Å²) in [6.45, 7) is 3.82. The molecule has 0 radical (unpaired) electrons. The molecule has 0 saturated carbocycles. The number of para-hydroxylation sites is 1. The minimum Gasteiger partial charge on any atom is -0.317 e. The van der Waals surface area contributed by atoms with Crippen LogP contribution >= 0.6 is 0 Å². The summed E-state index contributed by atoms with van der Waals surface area (Å²) in [4.78, 5) is 10.6. The molecule has 82 valence electrons. The third kappa shape index (κ3) is 1.29. The maximum atomic E-state index is 10.6. The van der Waals surface area contributed by atoms with Crippen LogP contribution in [0.25, 0.3) is 28.0 Å². The van der Waals surface area contributed by atoms with E-state index in [-0.39, 0.29) is 0 Å². The quantitative estimate of drug-likeness (QED) is 0.595. The average molecular weight is 222 g/mol. The highest BCUT2D eigenvalue weighted by Crippen LogP contribution is 2.31. The molecule has 2 aromatic carbocycles. The Labute approximate surface area is 97.9 Å². The summed E-state index contributed by atoms with van der Waals surface area (Å²) in [5, 5.41) is 5.11. The van der Waals surface area contributed by atoms with Crippen molar-refractivity contribution in [2.24, 2.45) is 5.18 Å². The Kier molecular flexibility index (Phi) is 2.05. The van der Waals surface area contributed by atoms with Gasteiger partial charge in [-0.2, -0.15) is 0 Å². The Morgan fingerprint density at radius 3 is 2.59 bits per heavy atom. The van der Waals surface area contributed by atoms with Crippen molar-refractivity contribution in [3.05, 3.63) is 54.0 Å². The van der Waals surface area contributed by atoms with E-state index in [4.69, 9.17) is 0 Å². The van der Waals surface area contributed by atoms with Crippen molar-refractivity contribution in [3.8, 4) is 0 Å². The van der Waals surface area contributed by atoms with Crippen LogP contribution in [-0.4, -0.2) is 4.57 Å². The zero-order chi connectivity index (χ0) is 11.8. The van der Waals surface area contributed by atoms with Crippen molar-refractivity contribution >= 4 is 33.7 Å². The number of rotatable bonds is 2. The van der Waals surface area contributed by atoms with Crippen molar-refractivity contribution in [1.82, 2.24) is 4.57 Å². The molecule has 0 fully saturated rings. The molecule has 3 rings (SSSR count). The Balaban J connectivity index is 2.58. The van der Waals surface area contributed by atoms with Crippen molar-refractivity contribution in [1.29, 1.82) is 0 Å². The lowest BCUT2D eigenvalue weighted by Gasteiger charge is -1.98. The average Bonchev–Trinajstić information content (AvgIpc) is 2.71. The van der Waals surface area contributed by atoms with E-state index < -0.39 is 0 Å². The summed E-state index contributed by atoms with van der Waals surface area (Å²) in [5.74, 6) is 0. The van der Waals surface area contributed by atoms with E-state index in [9.17, 15) is 4.91 Å². The zero-order valence-electron chi connectivity index (χ0n) is 9.13. The van der Waals surface area contributed by atoms with Crippen LogP contribution in [0.1, 0.15) is 0 Å². The van der Waals surface area contributed by atoms with Gasteiger partial charge < -0.3 is 4.57 Å². The Morgan fingerprint density at radius 2 is 1.82 bits per heavy atom. The fourth-order valence-electron chi connectivity index (χ4n) is 2.24. The number of nitrogens with zero attached hydrogens (tertiary/aromatic N) is 2. The van der Waals surface area contributed by atoms with Crippen molar-refractivity contribution < 1.29 is 0 Å². The van der Waals surface area contributed by atoms with E-state index >= 15 is 0 Å². The molecule has 0 atom stereocenters. The third-order valence-corrected chi connectivity index (χ3v) is 2.98. The second-order valence-electron chi connectivity index (χ2n) is 3.86. The van der Waals surface area contributed by atoms with Gasteiger partial charge in [-0.15, -0.1) is 4.91 Å². The van der Waals surface area contributed by atoms with Crippen LogP contribution in [0.5, 0.6) is 0 Å². The lowest BCUT2D eigenvalue weighted by Crippen LogP contribution is -1.83. The molecule has 0 amide bonds. The van der Waals surface area contributed by atoms with Gasteiger partial charge in [0.05, 0.1) is 11.0 Å². The summed E-state index contributed by atoms with van der Waals surface area (Å²) in [5.41, 5.74) is 2.57. The molecule has 0 unspecified atom stereocenters. The number of hydrogen-bond acceptors (Lipinski definition) is 2. The van der Waals surface area contributed by atoms with Crippen LogP contribution in [0.2, 0.25) is 0 Å². The normalized spacial score (nSPS) is 10.8. The SMILES string of the molecule is C=Cn1c2ccccc2c2cc(N=O)ccc21. The fraction of sp³-hybridized carbons (Fsp3) is 0. The molecule has 1 heterocycles. The predicted octanol–water partition coefficient (Wildman–Crippen LogP) is 4.29. The first-order chi connectivity index (χ1) is 8.35. The molecule has 3 aromatic rings. The van der Waals surface area contributed by atoms with E-state index in [1.54, 1.807) is 12.3 Å². The second kappa shape index (κ2) is 3.56. The van der Waals surface area contributed by atoms with E-state index in [0.29, 0.717) is 5.69 Å². The summed E-state index contributed by atoms with van der Waals surface area (Å²) < 4.78 is 2.01. The van der Waals surface area contributed by atoms with E-state index in [1.165, 1.54) is 0 Å². The third-order valence-electron chi connectivity index (χ3n) is 2.98. The van der Waals surface area contributed by atoms with Crippen LogP contribution in [0, 0.1) is 4.91 Å². The first-order valence-electron chi connectivity index (χ1n) is 5.34. The molecule has 0 aliphatic carbocycles. The van der Waals surface area contributed by atoms with Gasteiger partial charge in [0.15, 0.2) is 0 Å². The first kappa shape index (κ1) is 9.78. The molecule has 0 N–H and O–H groups in total. The maximum Gasteiger partial charge on any atom is 0.108 e. The number of aromatic nitrogens is 1. The molecular formula is C14H10N2O. The van der Waals surface area contributed by atoms with Gasteiger partial charge in [0, 0.05) is 17.0 Å². The molecule has 0 aliphatic heterocycles. The van der Waals surface area contributed by atoms with Gasteiger partial charge in [-0.05, 0) is 29.4 Å². The molecule has 0 bridgehead atoms. The maximum absolute atomic E-state index is 10.6. The van der Waals surface area contributed by atoms with Gasteiger partial charge in [-0.1, -0.05) is 24.8 Å². The number of nitroso groups, excluding NO2 is 1. The van der Waals surface area contributed by atoms with Gasteiger partial charge in [0.1, 0.15) is 5.69 Å². The molecule has 17 heavy (non-hydrogen) atoms. The zero-order valence-corrected chi connectivity index (χ0v) is 9.13. The molecule has 0 spiro atoms. The monoisotopic (exact) mass is 222 g/mol. The Morgan fingerprint density at radius 1 is 1.06 bits per heavy atom. The highest BCUT2D eigenvalue weighted by atomic mass is 16.3. The highest BCUT2D eigenvalue weighted by molar-refractivity contribution is 6.10. The minimum atomic E-state index is 0.449. The van der Waals surface area contributed by atoms with Gasteiger partial charge in [0.25, 0.3) is 0 Å². The number of hydrogen-bond donors (Lipinski definition) is 0. The van der Waals surface area contributed by atoms with Gasteiger partial charge in [0.2, 0.25) is 0 Å². The van der Waals surface area contributed by atoms with Gasteiger partial charge in [-0.3, -0.25) is 0 Å². The summed E-state index contributed by atoms with van der Waals surface area (Å²) in [6, 6.07) is 13.5. The summed E-state index contributed by atoms with van der Waals surface area (Å²) in [7, 11) is 0. The minimum absolute atomic E-state index is 0.449. The molecule has 3 nitrogen and oxygen atoms in total. The number of fused-ring (bicyclic) bond motifs is 3. The second-order valence-corrected chi connectivity index (χ2v) is 3.86. The summed E-state index contributed by atoms with van der Waals surface area (Å²) >= 11 is 0. The lowest BCUT2D eigenvalue weighted by atomic mass is 10.1. The van der Waals surface area contributed by atoms with Gasteiger partial charge in [-0.25, -0.2) is 0 Å². The van der Waals surface area contributed by atoms with E-state index in [0.717, 1.165) is 21.8 Å². The highest BCUT2D eigenvalue weighted by Gasteiger charge is 2.08. The van der Waals surface area contributed by atoms with Crippen LogP contribution < -0.4 is 0 Å². The standard InChI is InChI=1S/C14H10N2O/c1-2-16-13-6-4-3-5-11(13)12-9-10(15-17)7-8-14(12)16/h2-9H,1H2. The van der Waals surface area contributed by atoms with Crippen LogP contribution in [-0.2, 0) is 0 Å². The number of benzene rings is 2. The van der Waals surface area contributed by atoms with E-state index in [2.05, 4.69) is 11.8 Å². The van der Waals surface area contributed by atoms with Crippen LogP contribution in [0.15, 0.2) is 54.2 Å². The molecule has 0 saturated heterocycles. The lowest BCUT2D eigenvalue weighted by molar-refractivity contribution is 1.30. The van der Waals surface area contributed by atoms with Crippen molar-refractivity contribution in [3.63, 3.8) is 0 Å². The Bertz CT molecular complexity index is 740. The summed E-state index contributed by atoms with van der Waals surface area (Å²) in [6.07, 6.45) is 1.78. The smallest absolute Gasteiger partial charge is 0.108 e. The predicted molar refractivity (Wildman–Crippen MR) is 71.3 cm³/mol. The molecule has 3 heteroatoms. The van der Waals surface area contributed by atoms with Crippen LogP contribution in [0.4, 0.5) is 5.69 Å². The fourth-order valence-corrected chi connectivity index (χ4v) is 2.24. The molecular weight excluding hydrogens is 212 g/mol. The topological polar surface area (TPSA) is 34.4 Å². The van der Waals surface area contributed by atoms with Crippen LogP contribution in [0.3, 0.4) is 0 Å².